The van der Waals surface area contributed by atoms with Crippen molar-refractivity contribution in [3.8, 4) is 22.5 Å². The molecule has 2 aromatic heterocycles. The molecule has 8 aromatic rings. The molecule has 0 atom stereocenters. The Balaban J connectivity index is 1.76. The molecule has 0 radical (unpaired) electrons. The molecule has 8 rings (SSSR count). The van der Waals surface area contributed by atoms with Gasteiger partial charge in [-0.1, -0.05) is 0 Å². The van der Waals surface area contributed by atoms with E-state index in [0.29, 0.717) is 44.3 Å². The molecule has 0 bridgehead atoms. The second-order valence-electron chi connectivity index (χ2n) is 17.9. The number of benzene rings is 6. The predicted molar refractivity (Wildman–Crippen MR) is 241 cm³/mol. The first-order valence-corrected chi connectivity index (χ1v) is 21.0. The molecule has 0 unspecified atom stereocenters. The van der Waals surface area contributed by atoms with Crippen LogP contribution in [0.1, 0.15) is 94.6 Å². The van der Waals surface area contributed by atoms with Crippen LogP contribution in [0.4, 0.5) is 35.1 Å². The Morgan fingerprint density at radius 1 is 0.317 bits per heavy atom. The third kappa shape index (κ3) is 5.61. The van der Waals surface area contributed by atoms with E-state index in [2.05, 4.69) is 0 Å². The van der Waals surface area contributed by atoms with E-state index in [1.165, 1.54) is 4.57 Å². The predicted octanol–water partition coefficient (Wildman–Crippen LogP) is 16.2. The quantitative estimate of drug-likeness (QED) is 0.0951. The molecule has 0 aliphatic heterocycles. The van der Waals surface area contributed by atoms with Gasteiger partial charge in [-0.25, -0.2) is 22.0 Å². The fourth-order valence-electron chi connectivity index (χ4n) is 10.4. The topological polar surface area (TPSA) is 9.86 Å². The van der Waals surface area contributed by atoms with E-state index in [9.17, 15) is 4.39 Å². The number of aromatic nitrogens is 2. The molecule has 6 aromatic carbocycles. The van der Waals surface area contributed by atoms with Gasteiger partial charge in [0, 0.05) is 27.1 Å². The second-order valence-corrected chi connectivity index (χ2v) is 17.9. The first-order chi connectivity index (χ1) is 29.2. The number of halogens is 8. The van der Waals surface area contributed by atoms with Crippen LogP contribution in [0.5, 0.6) is 0 Å². The van der Waals surface area contributed by atoms with Crippen molar-refractivity contribution in [1.82, 2.24) is 9.13 Å². The summed E-state index contributed by atoms with van der Waals surface area (Å²) in [7, 11) is 0. The number of rotatable bonds is 3. The summed E-state index contributed by atoms with van der Waals surface area (Å²) in [4.78, 5) is 0. The zero-order valence-corrected chi connectivity index (χ0v) is 38.6. The highest BCUT2D eigenvalue weighted by molar-refractivity contribution is 6.17. The lowest BCUT2D eigenvalue weighted by atomic mass is 9.90. The van der Waals surface area contributed by atoms with Crippen molar-refractivity contribution >= 4 is 43.6 Å². The molecule has 328 valence electrons. The van der Waals surface area contributed by atoms with E-state index < -0.39 is 57.6 Å². The number of alkyl halides is 3. The molecule has 0 fully saturated rings. The normalized spacial score (nSPS) is 12.4. The summed E-state index contributed by atoms with van der Waals surface area (Å²) in [6.07, 6.45) is -5.10. The minimum absolute atomic E-state index is 0.383. The van der Waals surface area contributed by atoms with Gasteiger partial charge >= 0.3 is 6.18 Å². The van der Waals surface area contributed by atoms with Gasteiger partial charge in [0.25, 0.3) is 0 Å². The standard InChI is InChI=1S/C53H50F8N2/c1-19-23(5)31(13)49-39(27(19)9)40-28(10)20(2)24(6)32(14)50(40)62(49)37-18-36(53(59,60)61)38(17-35(37)43-44(54)46(56)48(58)47(57)45(43)55)63-51-33(15)25(7)21(3)29(11)41(51)42-30(12)22(4)26(8)34(16)52(42)63/h17-18H,1-16H3. The van der Waals surface area contributed by atoms with Gasteiger partial charge in [0.15, 0.2) is 23.3 Å². The maximum atomic E-state index is 16.6. The SMILES string of the molecule is Cc1c(C)c(C)c2c(c1C)c1c(C)c(C)c(C)c(C)c1n2-c1cc(C(F)(F)F)c(-n2c3c(C)c(C)c(C)c(C)c3c3c(C)c(C)c(C)c(C)c32)cc1-c1c(F)c(F)c(F)c(F)c1F. The molecule has 63 heavy (non-hydrogen) atoms. The number of nitrogens with zero attached hydrogens (tertiary/aromatic N) is 2. The van der Waals surface area contributed by atoms with E-state index in [0.717, 1.165) is 100 Å². The molecule has 10 heteroatoms. The largest absolute Gasteiger partial charge is 0.418 e. The first kappa shape index (κ1) is 44.0. The van der Waals surface area contributed by atoms with Crippen LogP contribution < -0.4 is 0 Å². The maximum absolute atomic E-state index is 16.6. The average molecular weight is 867 g/mol. The molecular formula is C53H50F8N2. The van der Waals surface area contributed by atoms with Crippen LogP contribution in [0.25, 0.3) is 66.1 Å². The van der Waals surface area contributed by atoms with E-state index in [1.54, 1.807) is 4.57 Å². The lowest BCUT2D eigenvalue weighted by molar-refractivity contribution is -0.137. The van der Waals surface area contributed by atoms with Gasteiger partial charge < -0.3 is 9.13 Å². The van der Waals surface area contributed by atoms with Crippen molar-refractivity contribution in [1.29, 1.82) is 0 Å². The number of fused-ring (bicyclic) bond motifs is 6. The van der Waals surface area contributed by atoms with Gasteiger partial charge in [-0.15, -0.1) is 0 Å². The Hall–Kier alpha value is -5.64. The summed E-state index contributed by atoms with van der Waals surface area (Å²) < 4.78 is 132. The van der Waals surface area contributed by atoms with Gasteiger partial charge in [-0.05, 0) is 212 Å². The summed E-state index contributed by atoms with van der Waals surface area (Å²) in [6, 6.07) is 1.84. The first-order valence-electron chi connectivity index (χ1n) is 21.0. The summed E-state index contributed by atoms with van der Waals surface area (Å²) in [5.74, 6) is -11.1. The molecular weight excluding hydrogens is 817 g/mol. The molecule has 0 saturated heterocycles. The molecule has 2 heterocycles. The summed E-state index contributed by atoms with van der Waals surface area (Å²) >= 11 is 0. The van der Waals surface area contributed by atoms with E-state index in [-0.39, 0.29) is 5.69 Å². The Morgan fingerprint density at radius 2 is 0.571 bits per heavy atom. The second kappa shape index (κ2) is 14.2. The average Bonchev–Trinajstić information content (AvgIpc) is 3.79. The molecule has 0 aliphatic carbocycles. The third-order valence-electron chi connectivity index (χ3n) is 15.4. The third-order valence-corrected chi connectivity index (χ3v) is 15.4. The van der Waals surface area contributed by atoms with Crippen molar-refractivity contribution in [3.05, 3.63) is 136 Å². The van der Waals surface area contributed by atoms with Gasteiger partial charge in [-0.3, -0.25) is 0 Å². The summed E-state index contributed by atoms with van der Waals surface area (Å²) in [5.41, 5.74) is 11.3. The summed E-state index contributed by atoms with van der Waals surface area (Å²) in [6.45, 7) is 30.5. The van der Waals surface area contributed by atoms with E-state index >= 15 is 30.7 Å². The number of hydrogen-bond donors (Lipinski definition) is 0. The van der Waals surface area contributed by atoms with Gasteiger partial charge in [0.2, 0.25) is 5.82 Å². The zero-order chi connectivity index (χ0) is 46.7. The minimum atomic E-state index is -5.10. The Kier molecular flexibility index (Phi) is 9.90. The van der Waals surface area contributed by atoms with E-state index in [1.807, 2.05) is 111 Å². The molecule has 0 aliphatic rings. The maximum Gasteiger partial charge on any atom is 0.418 e. The molecule has 0 spiro atoms. The Labute approximate surface area is 362 Å². The monoisotopic (exact) mass is 866 g/mol. The fraction of sp³-hybridized carbons (Fsp3) is 0.321. The van der Waals surface area contributed by atoms with Crippen molar-refractivity contribution in [3.63, 3.8) is 0 Å². The smallest absolute Gasteiger partial charge is 0.308 e. The van der Waals surface area contributed by atoms with Crippen LogP contribution in [0.15, 0.2) is 12.1 Å². The molecule has 0 N–H and O–H groups in total. The molecule has 0 saturated carbocycles. The Morgan fingerprint density at radius 3 is 0.857 bits per heavy atom. The van der Waals surface area contributed by atoms with Crippen molar-refractivity contribution < 1.29 is 35.1 Å². The van der Waals surface area contributed by atoms with Crippen LogP contribution in [-0.2, 0) is 6.18 Å². The lowest BCUT2D eigenvalue weighted by Gasteiger charge is -2.25. The van der Waals surface area contributed by atoms with Crippen LogP contribution in [0.3, 0.4) is 0 Å². The van der Waals surface area contributed by atoms with Crippen LogP contribution in [0, 0.1) is 140 Å². The number of aryl methyl sites for hydroxylation is 8. The van der Waals surface area contributed by atoms with Crippen LogP contribution in [0.2, 0.25) is 0 Å². The highest BCUT2D eigenvalue weighted by Crippen LogP contribution is 2.51. The number of hydrogen-bond acceptors (Lipinski definition) is 0. The highest BCUT2D eigenvalue weighted by Gasteiger charge is 2.40. The van der Waals surface area contributed by atoms with E-state index in [4.69, 9.17) is 0 Å². The summed E-state index contributed by atoms with van der Waals surface area (Å²) in [5, 5.41) is 2.90. The molecule has 0 amide bonds. The van der Waals surface area contributed by atoms with Gasteiger partial charge in [0.05, 0.1) is 44.6 Å². The van der Waals surface area contributed by atoms with Crippen LogP contribution >= 0.6 is 0 Å². The van der Waals surface area contributed by atoms with Crippen LogP contribution in [-0.4, -0.2) is 9.13 Å². The highest BCUT2D eigenvalue weighted by atomic mass is 19.4. The fourth-order valence-corrected chi connectivity index (χ4v) is 10.4. The zero-order valence-electron chi connectivity index (χ0n) is 38.6. The molecule has 2 nitrogen and oxygen atoms in total. The lowest BCUT2D eigenvalue weighted by Crippen LogP contribution is -2.15. The van der Waals surface area contributed by atoms with Crippen molar-refractivity contribution in [2.45, 2.75) is 117 Å². The minimum Gasteiger partial charge on any atom is -0.308 e. The Bertz CT molecular complexity index is 3240. The van der Waals surface area contributed by atoms with Crippen molar-refractivity contribution in [2.75, 3.05) is 0 Å². The van der Waals surface area contributed by atoms with Gasteiger partial charge in [0.1, 0.15) is 0 Å². The van der Waals surface area contributed by atoms with Gasteiger partial charge in [-0.2, -0.15) is 13.2 Å². The van der Waals surface area contributed by atoms with Crippen molar-refractivity contribution in [2.24, 2.45) is 0 Å².